The van der Waals surface area contributed by atoms with E-state index in [9.17, 15) is 0 Å². The molecule has 0 bridgehead atoms. The molecule has 0 saturated carbocycles. The van der Waals surface area contributed by atoms with Gasteiger partial charge in [0, 0.05) is 32.5 Å². The molecule has 0 amide bonds. The van der Waals surface area contributed by atoms with E-state index in [4.69, 9.17) is 9.47 Å². The van der Waals surface area contributed by atoms with E-state index in [0.717, 1.165) is 50.8 Å². The standard InChI is InChI=1S/C13H19N5O2/c1-19-7-4-11-10-20-8-6-17(11)9-13-16-15-12-3-2-5-14-18(12)13/h2-3,5,11H,4,6-10H2,1H3. The van der Waals surface area contributed by atoms with Crippen molar-refractivity contribution in [1.29, 1.82) is 0 Å². The lowest BCUT2D eigenvalue weighted by Gasteiger charge is -2.34. The molecule has 1 unspecified atom stereocenters. The molecule has 2 aromatic heterocycles. The first kappa shape index (κ1) is 13.4. The monoisotopic (exact) mass is 277 g/mol. The Kier molecular flexibility index (Phi) is 4.19. The summed E-state index contributed by atoms with van der Waals surface area (Å²) >= 11 is 0. The topological polar surface area (TPSA) is 64.8 Å². The number of hydrogen-bond donors (Lipinski definition) is 0. The lowest BCUT2D eigenvalue weighted by molar-refractivity contribution is -0.0231. The van der Waals surface area contributed by atoms with Crippen LogP contribution in [0.15, 0.2) is 18.3 Å². The summed E-state index contributed by atoms with van der Waals surface area (Å²) in [7, 11) is 1.73. The Morgan fingerprint density at radius 1 is 1.45 bits per heavy atom. The number of morpholine rings is 1. The average Bonchev–Trinajstić information content (AvgIpc) is 2.90. The van der Waals surface area contributed by atoms with Crippen LogP contribution < -0.4 is 0 Å². The molecule has 0 N–H and O–H groups in total. The van der Waals surface area contributed by atoms with Crippen LogP contribution in [0.4, 0.5) is 0 Å². The lowest BCUT2D eigenvalue weighted by atomic mass is 10.1. The van der Waals surface area contributed by atoms with E-state index >= 15 is 0 Å². The van der Waals surface area contributed by atoms with Crippen LogP contribution in [0.1, 0.15) is 12.2 Å². The predicted molar refractivity (Wildman–Crippen MR) is 72.3 cm³/mol. The first-order valence-corrected chi connectivity index (χ1v) is 6.84. The number of nitrogens with zero attached hydrogens (tertiary/aromatic N) is 5. The molecule has 7 nitrogen and oxygen atoms in total. The minimum Gasteiger partial charge on any atom is -0.385 e. The fourth-order valence-electron chi connectivity index (χ4n) is 2.49. The van der Waals surface area contributed by atoms with Gasteiger partial charge in [0.1, 0.15) is 0 Å². The van der Waals surface area contributed by atoms with Gasteiger partial charge in [0.2, 0.25) is 0 Å². The Bertz CT molecular complexity index is 558. The van der Waals surface area contributed by atoms with Crippen molar-refractivity contribution < 1.29 is 9.47 Å². The number of fused-ring (bicyclic) bond motifs is 1. The second-order valence-corrected chi connectivity index (χ2v) is 4.89. The van der Waals surface area contributed by atoms with Crippen molar-refractivity contribution in [2.24, 2.45) is 0 Å². The Balaban J connectivity index is 1.74. The maximum atomic E-state index is 5.56. The molecule has 0 radical (unpaired) electrons. The third-order valence-corrected chi connectivity index (χ3v) is 3.59. The van der Waals surface area contributed by atoms with Crippen molar-refractivity contribution in [3.8, 4) is 0 Å². The number of hydrogen-bond acceptors (Lipinski definition) is 6. The van der Waals surface area contributed by atoms with Gasteiger partial charge in [-0.1, -0.05) is 0 Å². The minimum absolute atomic E-state index is 0.361. The number of methoxy groups -OCH3 is 1. The van der Waals surface area contributed by atoms with Crippen molar-refractivity contribution in [3.05, 3.63) is 24.2 Å². The molecule has 1 fully saturated rings. The molecule has 20 heavy (non-hydrogen) atoms. The van der Waals surface area contributed by atoms with Crippen molar-refractivity contribution in [1.82, 2.24) is 24.7 Å². The summed E-state index contributed by atoms with van der Waals surface area (Å²) in [5.74, 6) is 0.866. The zero-order valence-corrected chi connectivity index (χ0v) is 11.6. The molecule has 0 aliphatic carbocycles. The highest BCUT2D eigenvalue weighted by Gasteiger charge is 2.24. The fraction of sp³-hybridized carbons (Fsp3) is 0.615. The fourth-order valence-corrected chi connectivity index (χ4v) is 2.49. The molecule has 0 aromatic carbocycles. The van der Waals surface area contributed by atoms with Gasteiger partial charge in [0.05, 0.1) is 19.8 Å². The molecule has 3 heterocycles. The summed E-state index contributed by atoms with van der Waals surface area (Å²) in [6, 6.07) is 4.13. The zero-order chi connectivity index (χ0) is 13.8. The molecule has 3 rings (SSSR count). The van der Waals surface area contributed by atoms with Gasteiger partial charge in [-0.25, -0.2) is 0 Å². The van der Waals surface area contributed by atoms with Crippen molar-refractivity contribution in [2.45, 2.75) is 19.0 Å². The number of rotatable bonds is 5. The van der Waals surface area contributed by atoms with Gasteiger partial charge in [-0.3, -0.25) is 4.90 Å². The molecule has 7 heteroatoms. The maximum absolute atomic E-state index is 5.56. The minimum atomic E-state index is 0.361. The normalized spacial score (nSPS) is 20.6. The molecule has 0 spiro atoms. The van der Waals surface area contributed by atoms with E-state index in [0.29, 0.717) is 6.04 Å². The molecule has 108 valence electrons. The van der Waals surface area contributed by atoms with Crippen molar-refractivity contribution in [2.75, 3.05) is 33.5 Å². The third-order valence-electron chi connectivity index (χ3n) is 3.59. The molecular weight excluding hydrogens is 258 g/mol. The highest BCUT2D eigenvalue weighted by Crippen LogP contribution is 2.14. The summed E-state index contributed by atoms with van der Waals surface area (Å²) in [4.78, 5) is 2.37. The van der Waals surface area contributed by atoms with E-state index < -0.39 is 0 Å². The van der Waals surface area contributed by atoms with Crippen LogP contribution in [0, 0.1) is 0 Å². The Labute approximate surface area is 117 Å². The Morgan fingerprint density at radius 3 is 3.30 bits per heavy atom. The summed E-state index contributed by atoms with van der Waals surface area (Å²) in [6.07, 6.45) is 2.71. The van der Waals surface area contributed by atoms with Crippen LogP contribution in [0.2, 0.25) is 0 Å². The van der Waals surface area contributed by atoms with Crippen molar-refractivity contribution >= 4 is 5.65 Å². The van der Waals surface area contributed by atoms with Crippen LogP contribution in [-0.4, -0.2) is 64.2 Å². The van der Waals surface area contributed by atoms with E-state index in [2.05, 4.69) is 20.2 Å². The first-order valence-electron chi connectivity index (χ1n) is 6.84. The maximum Gasteiger partial charge on any atom is 0.177 e. The van der Waals surface area contributed by atoms with Gasteiger partial charge < -0.3 is 9.47 Å². The molecule has 1 aliphatic heterocycles. The van der Waals surface area contributed by atoms with Crippen LogP contribution in [-0.2, 0) is 16.0 Å². The molecule has 2 aromatic rings. The van der Waals surface area contributed by atoms with Gasteiger partial charge in [-0.2, -0.15) is 9.61 Å². The van der Waals surface area contributed by atoms with E-state index in [1.54, 1.807) is 17.8 Å². The summed E-state index contributed by atoms with van der Waals surface area (Å²) in [6.45, 7) is 3.87. The van der Waals surface area contributed by atoms with Gasteiger partial charge >= 0.3 is 0 Å². The number of aromatic nitrogens is 4. The van der Waals surface area contributed by atoms with Crippen molar-refractivity contribution in [3.63, 3.8) is 0 Å². The quantitative estimate of drug-likeness (QED) is 0.786. The smallest absolute Gasteiger partial charge is 0.177 e. The summed E-state index contributed by atoms with van der Waals surface area (Å²) in [5.41, 5.74) is 0.782. The predicted octanol–water partition coefficient (Wildman–Crippen LogP) is 0.362. The van der Waals surface area contributed by atoms with Crippen LogP contribution in [0.25, 0.3) is 5.65 Å². The molecular formula is C13H19N5O2. The molecule has 1 saturated heterocycles. The summed E-state index contributed by atoms with van der Waals surface area (Å²) < 4.78 is 12.5. The zero-order valence-electron chi connectivity index (χ0n) is 11.6. The van der Waals surface area contributed by atoms with E-state index in [-0.39, 0.29) is 0 Å². The largest absolute Gasteiger partial charge is 0.385 e. The van der Waals surface area contributed by atoms with Crippen LogP contribution >= 0.6 is 0 Å². The van der Waals surface area contributed by atoms with E-state index in [1.165, 1.54) is 0 Å². The average molecular weight is 277 g/mol. The van der Waals surface area contributed by atoms with Crippen LogP contribution in [0.5, 0.6) is 0 Å². The Hall–Kier alpha value is -1.57. The molecule has 1 atom stereocenters. The van der Waals surface area contributed by atoms with Gasteiger partial charge in [0.25, 0.3) is 0 Å². The second kappa shape index (κ2) is 6.25. The summed E-state index contributed by atoms with van der Waals surface area (Å²) in [5, 5.41) is 12.7. The molecule has 1 aliphatic rings. The lowest BCUT2D eigenvalue weighted by Crippen LogP contribution is -2.45. The van der Waals surface area contributed by atoms with Gasteiger partial charge in [0.15, 0.2) is 11.5 Å². The first-order chi connectivity index (χ1) is 9.88. The Morgan fingerprint density at radius 2 is 2.40 bits per heavy atom. The van der Waals surface area contributed by atoms with E-state index in [1.807, 2.05) is 12.1 Å². The third kappa shape index (κ3) is 2.79. The second-order valence-electron chi connectivity index (χ2n) is 4.89. The highest BCUT2D eigenvalue weighted by atomic mass is 16.5. The number of ether oxygens (including phenoxy) is 2. The van der Waals surface area contributed by atoms with Crippen LogP contribution in [0.3, 0.4) is 0 Å². The van der Waals surface area contributed by atoms with Gasteiger partial charge in [-0.15, -0.1) is 10.2 Å². The SMILES string of the molecule is COCCC1COCCN1Cc1nnc2cccnn12. The van der Waals surface area contributed by atoms with Gasteiger partial charge in [-0.05, 0) is 18.6 Å². The highest BCUT2D eigenvalue weighted by molar-refractivity contribution is 5.34.